The van der Waals surface area contributed by atoms with Crippen molar-refractivity contribution in [3.63, 3.8) is 0 Å². The Morgan fingerprint density at radius 2 is 1.50 bits per heavy atom. The zero-order chi connectivity index (χ0) is 27.5. The van der Waals surface area contributed by atoms with E-state index in [1.165, 1.54) is 19.1 Å². The lowest BCUT2D eigenvalue weighted by molar-refractivity contribution is -0.132. The number of carbonyl (C=O) groups is 4. The average Bonchev–Trinajstić information content (AvgIpc) is 3.41. The van der Waals surface area contributed by atoms with E-state index in [2.05, 4.69) is 21.3 Å². The summed E-state index contributed by atoms with van der Waals surface area (Å²) < 4.78 is 0. The van der Waals surface area contributed by atoms with Crippen molar-refractivity contribution < 1.29 is 24.3 Å². The first-order valence-electron chi connectivity index (χ1n) is 13.0. The van der Waals surface area contributed by atoms with E-state index >= 15 is 0 Å². The highest BCUT2D eigenvalue weighted by atomic mass is 16.3. The van der Waals surface area contributed by atoms with Gasteiger partial charge in [-0.25, -0.2) is 0 Å². The number of nitrogens with two attached hydrogens (primary N) is 1. The van der Waals surface area contributed by atoms with Crippen LogP contribution < -0.4 is 27.0 Å². The van der Waals surface area contributed by atoms with E-state index in [1.807, 2.05) is 30.3 Å². The third-order valence-electron chi connectivity index (χ3n) is 6.54. The lowest BCUT2D eigenvalue weighted by atomic mass is 10.0. The molecule has 2 aromatic rings. The van der Waals surface area contributed by atoms with Crippen LogP contribution in [0.1, 0.15) is 43.7 Å². The molecule has 0 saturated heterocycles. The predicted octanol–water partition coefficient (Wildman–Crippen LogP) is 0.669. The number of carbonyl (C=O) groups excluding carboxylic acids is 4. The molecule has 1 aliphatic rings. The van der Waals surface area contributed by atoms with Gasteiger partial charge in [0, 0.05) is 12.5 Å². The van der Waals surface area contributed by atoms with Gasteiger partial charge in [0.05, 0.1) is 12.6 Å². The molecule has 204 valence electrons. The third kappa shape index (κ3) is 9.19. The zero-order valence-electron chi connectivity index (χ0n) is 21.6. The van der Waals surface area contributed by atoms with Gasteiger partial charge < -0.3 is 32.1 Å². The number of amides is 4. The molecule has 2 aromatic carbocycles. The molecule has 38 heavy (non-hydrogen) atoms. The fourth-order valence-electron chi connectivity index (χ4n) is 4.36. The Bertz CT molecular complexity index is 1090. The van der Waals surface area contributed by atoms with Crippen LogP contribution in [0.5, 0.6) is 5.75 Å². The van der Waals surface area contributed by atoms with Crippen LogP contribution in [0.15, 0.2) is 54.6 Å². The van der Waals surface area contributed by atoms with Crippen molar-refractivity contribution in [3.8, 4) is 5.75 Å². The molecular weight excluding hydrogens is 486 g/mol. The largest absolute Gasteiger partial charge is 0.508 e. The van der Waals surface area contributed by atoms with Crippen molar-refractivity contribution in [1.82, 2.24) is 21.3 Å². The van der Waals surface area contributed by atoms with E-state index in [-0.39, 0.29) is 37.1 Å². The van der Waals surface area contributed by atoms with E-state index in [4.69, 9.17) is 5.73 Å². The number of benzene rings is 2. The van der Waals surface area contributed by atoms with E-state index < -0.39 is 35.8 Å². The monoisotopic (exact) mass is 523 g/mol. The van der Waals surface area contributed by atoms with Gasteiger partial charge >= 0.3 is 0 Å². The minimum atomic E-state index is -0.954. The normalized spacial score (nSPS) is 15.6. The maximum Gasteiger partial charge on any atom is 0.243 e. The standard InChI is InChI=1S/C28H37N5O5/c1-18(31-27(37)23(29)15-20-11-13-22(34)14-12-20)26(36)33-24(16-19-7-3-2-4-8-19)28(38)30-17-25(35)32-21-9-5-6-10-21/h2-4,7-8,11-14,18,21,23-24,34H,5-6,9-10,15-17,29H2,1H3,(H,30,38)(H,31,37)(H,32,35)(H,33,36)/t18-,23+,24+/m1/s1. The topological polar surface area (TPSA) is 163 Å². The highest BCUT2D eigenvalue weighted by Crippen LogP contribution is 2.17. The molecule has 1 aliphatic carbocycles. The first kappa shape index (κ1) is 28.6. The smallest absolute Gasteiger partial charge is 0.243 e. The third-order valence-corrected chi connectivity index (χ3v) is 6.54. The number of hydrogen-bond donors (Lipinski definition) is 6. The number of rotatable bonds is 12. The molecular formula is C28H37N5O5. The zero-order valence-corrected chi connectivity index (χ0v) is 21.6. The summed E-state index contributed by atoms with van der Waals surface area (Å²) in [7, 11) is 0. The summed E-state index contributed by atoms with van der Waals surface area (Å²) in [5.74, 6) is -1.72. The van der Waals surface area contributed by atoms with E-state index in [1.54, 1.807) is 12.1 Å². The van der Waals surface area contributed by atoms with Crippen LogP contribution in [0.3, 0.4) is 0 Å². The first-order chi connectivity index (χ1) is 18.2. The summed E-state index contributed by atoms with van der Waals surface area (Å²) >= 11 is 0. The van der Waals surface area contributed by atoms with Crippen molar-refractivity contribution in [2.75, 3.05) is 6.54 Å². The summed E-state index contributed by atoms with van der Waals surface area (Å²) in [4.78, 5) is 50.7. The van der Waals surface area contributed by atoms with Crippen LogP contribution in [0.25, 0.3) is 0 Å². The number of phenolic OH excluding ortho intramolecular Hbond substituents is 1. The Balaban J connectivity index is 1.55. The molecule has 0 radical (unpaired) electrons. The van der Waals surface area contributed by atoms with E-state index in [9.17, 15) is 24.3 Å². The van der Waals surface area contributed by atoms with Gasteiger partial charge in [0.2, 0.25) is 23.6 Å². The maximum atomic E-state index is 13.0. The van der Waals surface area contributed by atoms with Gasteiger partial charge in [0.1, 0.15) is 17.8 Å². The molecule has 10 nitrogen and oxygen atoms in total. The van der Waals surface area contributed by atoms with Gasteiger partial charge in [-0.15, -0.1) is 0 Å². The molecule has 0 spiro atoms. The highest BCUT2D eigenvalue weighted by molar-refractivity contribution is 5.94. The van der Waals surface area contributed by atoms with Crippen molar-refractivity contribution in [1.29, 1.82) is 0 Å². The minimum absolute atomic E-state index is 0.112. The van der Waals surface area contributed by atoms with Crippen LogP contribution in [-0.4, -0.2) is 59.4 Å². The Kier molecular flexibility index (Phi) is 10.7. The molecule has 0 heterocycles. The van der Waals surface area contributed by atoms with Gasteiger partial charge in [-0.3, -0.25) is 19.2 Å². The lowest BCUT2D eigenvalue weighted by Gasteiger charge is -2.22. The van der Waals surface area contributed by atoms with Gasteiger partial charge in [0.15, 0.2) is 0 Å². The second-order valence-electron chi connectivity index (χ2n) is 9.72. The summed E-state index contributed by atoms with van der Waals surface area (Å²) in [6, 6.07) is 12.9. The molecule has 1 saturated carbocycles. The first-order valence-corrected chi connectivity index (χ1v) is 13.0. The quantitative estimate of drug-likeness (QED) is 0.240. The van der Waals surface area contributed by atoms with Crippen molar-refractivity contribution in [3.05, 3.63) is 65.7 Å². The number of aromatic hydroxyl groups is 1. The second-order valence-corrected chi connectivity index (χ2v) is 9.72. The molecule has 4 amide bonds. The molecule has 1 fully saturated rings. The molecule has 0 aliphatic heterocycles. The summed E-state index contributed by atoms with van der Waals surface area (Å²) in [5, 5.41) is 20.2. The van der Waals surface area contributed by atoms with Gasteiger partial charge in [-0.05, 0) is 49.4 Å². The maximum absolute atomic E-state index is 13.0. The Hall–Kier alpha value is -3.92. The van der Waals surface area contributed by atoms with Crippen LogP contribution >= 0.6 is 0 Å². The molecule has 3 atom stereocenters. The number of hydrogen-bond acceptors (Lipinski definition) is 6. The highest BCUT2D eigenvalue weighted by Gasteiger charge is 2.26. The summed E-state index contributed by atoms with van der Waals surface area (Å²) in [6.45, 7) is 1.32. The Morgan fingerprint density at radius 1 is 0.868 bits per heavy atom. The molecule has 0 bridgehead atoms. The van der Waals surface area contributed by atoms with Crippen LogP contribution in [0.4, 0.5) is 0 Å². The Morgan fingerprint density at radius 3 is 2.16 bits per heavy atom. The average molecular weight is 524 g/mol. The second kappa shape index (κ2) is 14.1. The fraction of sp³-hybridized carbons (Fsp3) is 0.429. The van der Waals surface area contributed by atoms with Crippen molar-refractivity contribution >= 4 is 23.6 Å². The fourth-order valence-corrected chi connectivity index (χ4v) is 4.36. The molecule has 7 N–H and O–H groups in total. The van der Waals surface area contributed by atoms with Crippen LogP contribution in [0, 0.1) is 0 Å². The van der Waals surface area contributed by atoms with Gasteiger partial charge in [-0.2, -0.15) is 0 Å². The van der Waals surface area contributed by atoms with E-state index in [0.717, 1.165) is 36.8 Å². The van der Waals surface area contributed by atoms with Gasteiger partial charge in [-0.1, -0.05) is 55.3 Å². The Labute approximate surface area is 222 Å². The van der Waals surface area contributed by atoms with Crippen LogP contribution in [0.2, 0.25) is 0 Å². The van der Waals surface area contributed by atoms with Crippen molar-refractivity contribution in [2.45, 2.75) is 69.6 Å². The number of nitrogens with one attached hydrogen (secondary N) is 4. The van der Waals surface area contributed by atoms with Gasteiger partial charge in [0.25, 0.3) is 0 Å². The lowest BCUT2D eigenvalue weighted by Crippen LogP contribution is -2.56. The van der Waals surface area contributed by atoms with Crippen LogP contribution in [-0.2, 0) is 32.0 Å². The van der Waals surface area contributed by atoms with Crippen molar-refractivity contribution in [2.24, 2.45) is 5.73 Å². The predicted molar refractivity (Wildman–Crippen MR) is 143 cm³/mol. The van der Waals surface area contributed by atoms with E-state index in [0.29, 0.717) is 0 Å². The molecule has 0 aromatic heterocycles. The SMILES string of the molecule is C[C@@H](NC(=O)[C@@H](N)Cc1ccc(O)cc1)C(=O)N[C@@H](Cc1ccccc1)C(=O)NCC(=O)NC1CCCC1. The number of phenols is 1. The summed E-state index contributed by atoms with van der Waals surface area (Å²) in [5.41, 5.74) is 7.60. The minimum Gasteiger partial charge on any atom is -0.508 e. The molecule has 10 heteroatoms. The molecule has 0 unspecified atom stereocenters. The molecule has 3 rings (SSSR count). The summed E-state index contributed by atoms with van der Waals surface area (Å²) in [6.07, 6.45) is 4.48.